The standard InChI is InChI=1S/C41H28N4O/c46-38-19-11-10-18-35(38)41-44-40-37(45(41)34-16-8-3-9-17-34)21-23-43-39(40)33-25-31(29-14-6-2-7-15-29)24-32(26-33)36-27-30(20-22-42-36)28-12-4-1-5-13-28/h1-27,46H. The van der Waals surface area contributed by atoms with Crippen LogP contribution in [0, 0.1) is 0 Å². The molecule has 0 unspecified atom stereocenters. The lowest BCUT2D eigenvalue weighted by Crippen LogP contribution is -1.97. The molecule has 3 heterocycles. The van der Waals surface area contributed by atoms with Crippen LogP contribution >= 0.6 is 0 Å². The van der Waals surface area contributed by atoms with E-state index < -0.39 is 0 Å². The van der Waals surface area contributed by atoms with E-state index in [0.29, 0.717) is 11.4 Å². The molecule has 0 atom stereocenters. The highest BCUT2D eigenvalue weighted by Crippen LogP contribution is 2.38. The normalized spacial score (nSPS) is 11.1. The van der Waals surface area contributed by atoms with Crippen LogP contribution in [-0.4, -0.2) is 24.6 Å². The first kappa shape index (κ1) is 27.2. The minimum absolute atomic E-state index is 0.169. The predicted octanol–water partition coefficient (Wildman–Crippen LogP) is 9.86. The first-order valence-electron chi connectivity index (χ1n) is 15.2. The smallest absolute Gasteiger partial charge is 0.149 e. The maximum absolute atomic E-state index is 10.9. The number of fused-ring (bicyclic) bond motifs is 1. The van der Waals surface area contributed by atoms with Crippen LogP contribution in [0.3, 0.4) is 0 Å². The molecule has 5 aromatic carbocycles. The highest BCUT2D eigenvalue weighted by Gasteiger charge is 2.21. The average Bonchev–Trinajstić information content (AvgIpc) is 3.52. The summed E-state index contributed by atoms with van der Waals surface area (Å²) in [5.74, 6) is 0.812. The van der Waals surface area contributed by atoms with Gasteiger partial charge in [-0.2, -0.15) is 0 Å². The van der Waals surface area contributed by atoms with Gasteiger partial charge in [-0.3, -0.25) is 14.5 Å². The quantitative estimate of drug-likeness (QED) is 0.209. The van der Waals surface area contributed by atoms with Gasteiger partial charge in [-0.25, -0.2) is 4.98 Å². The van der Waals surface area contributed by atoms with Crippen LogP contribution < -0.4 is 0 Å². The molecule has 0 spiro atoms. The molecule has 0 saturated heterocycles. The van der Waals surface area contributed by atoms with Gasteiger partial charge in [0.1, 0.15) is 17.1 Å². The fourth-order valence-corrected chi connectivity index (χ4v) is 6.01. The van der Waals surface area contributed by atoms with Gasteiger partial charge < -0.3 is 5.11 Å². The lowest BCUT2D eigenvalue weighted by Gasteiger charge is -2.12. The van der Waals surface area contributed by atoms with Crippen LogP contribution in [0.25, 0.3) is 72.9 Å². The molecule has 0 amide bonds. The van der Waals surface area contributed by atoms with Gasteiger partial charge in [0.25, 0.3) is 0 Å². The van der Waals surface area contributed by atoms with E-state index in [0.717, 1.165) is 61.5 Å². The number of nitrogens with zero attached hydrogens (tertiary/aromatic N) is 4. The Bertz CT molecular complexity index is 2310. The summed E-state index contributed by atoms with van der Waals surface area (Å²) in [7, 11) is 0. The number of aromatic nitrogens is 4. The SMILES string of the molecule is Oc1ccccc1-c1nc2c(-c3cc(-c4ccccc4)cc(-c4cc(-c5ccccc5)ccn4)c3)nccc2n1-c1ccccc1. The number of rotatable bonds is 6. The van der Waals surface area contributed by atoms with Gasteiger partial charge in [-0.15, -0.1) is 0 Å². The topological polar surface area (TPSA) is 63.8 Å². The number of pyridine rings is 2. The molecule has 0 saturated carbocycles. The van der Waals surface area contributed by atoms with Gasteiger partial charge in [0.15, 0.2) is 0 Å². The molecule has 46 heavy (non-hydrogen) atoms. The summed E-state index contributed by atoms with van der Waals surface area (Å²) in [4.78, 5) is 14.9. The summed E-state index contributed by atoms with van der Waals surface area (Å²) in [6.45, 7) is 0. The van der Waals surface area contributed by atoms with Crippen LogP contribution in [0.2, 0.25) is 0 Å². The molecule has 5 heteroatoms. The van der Waals surface area contributed by atoms with E-state index >= 15 is 0 Å². The molecule has 8 rings (SSSR count). The molecular weight excluding hydrogens is 564 g/mol. The fraction of sp³-hybridized carbons (Fsp3) is 0. The summed E-state index contributed by atoms with van der Waals surface area (Å²) in [5.41, 5.74) is 11.2. The van der Waals surface area contributed by atoms with Crippen LogP contribution in [0.15, 0.2) is 164 Å². The molecule has 0 aliphatic carbocycles. The van der Waals surface area contributed by atoms with Crippen molar-refractivity contribution in [1.29, 1.82) is 0 Å². The first-order valence-corrected chi connectivity index (χ1v) is 15.2. The number of aromatic hydroxyl groups is 1. The molecule has 0 bridgehead atoms. The van der Waals surface area contributed by atoms with Crippen molar-refractivity contribution in [2.45, 2.75) is 0 Å². The second-order valence-electron chi connectivity index (χ2n) is 11.1. The van der Waals surface area contributed by atoms with Crippen molar-refractivity contribution in [3.05, 3.63) is 164 Å². The minimum Gasteiger partial charge on any atom is -0.507 e. The van der Waals surface area contributed by atoms with E-state index in [2.05, 4.69) is 65.2 Å². The summed E-state index contributed by atoms with van der Waals surface area (Å²) >= 11 is 0. The van der Waals surface area contributed by atoms with Crippen LogP contribution in [0.4, 0.5) is 0 Å². The lowest BCUT2D eigenvalue weighted by atomic mass is 9.95. The van der Waals surface area contributed by atoms with Gasteiger partial charge in [0, 0.05) is 29.2 Å². The van der Waals surface area contributed by atoms with Crippen LogP contribution in [-0.2, 0) is 0 Å². The number of phenols is 1. The molecule has 218 valence electrons. The molecule has 0 radical (unpaired) electrons. The maximum atomic E-state index is 10.9. The van der Waals surface area contributed by atoms with Crippen molar-refractivity contribution < 1.29 is 5.11 Å². The average molecular weight is 593 g/mol. The second-order valence-corrected chi connectivity index (χ2v) is 11.1. The van der Waals surface area contributed by atoms with E-state index in [4.69, 9.17) is 15.0 Å². The van der Waals surface area contributed by atoms with Crippen molar-refractivity contribution in [2.24, 2.45) is 0 Å². The Kier molecular flexibility index (Phi) is 6.89. The lowest BCUT2D eigenvalue weighted by molar-refractivity contribution is 0.477. The Morgan fingerprint density at radius 2 is 1.09 bits per heavy atom. The number of phenolic OH excluding ortho intramolecular Hbond substituents is 1. The van der Waals surface area contributed by atoms with Gasteiger partial charge in [-0.1, -0.05) is 91.0 Å². The zero-order valence-corrected chi connectivity index (χ0v) is 24.8. The maximum Gasteiger partial charge on any atom is 0.149 e. The molecule has 3 aromatic heterocycles. The Morgan fingerprint density at radius 3 is 1.83 bits per heavy atom. The molecule has 5 nitrogen and oxygen atoms in total. The third kappa shape index (κ3) is 5.00. The van der Waals surface area contributed by atoms with E-state index in [1.807, 2.05) is 97.3 Å². The molecule has 8 aromatic rings. The molecule has 0 aliphatic heterocycles. The number of hydrogen-bond acceptors (Lipinski definition) is 4. The third-order valence-corrected chi connectivity index (χ3v) is 8.21. The summed E-state index contributed by atoms with van der Waals surface area (Å²) < 4.78 is 2.09. The second kappa shape index (κ2) is 11.6. The molecule has 0 fully saturated rings. The number of para-hydroxylation sites is 2. The van der Waals surface area contributed by atoms with Gasteiger partial charge in [-0.05, 0) is 82.9 Å². The summed E-state index contributed by atoms with van der Waals surface area (Å²) in [6, 6.07) is 50.8. The van der Waals surface area contributed by atoms with E-state index in [1.54, 1.807) is 6.07 Å². The Morgan fingerprint density at radius 1 is 0.478 bits per heavy atom. The van der Waals surface area contributed by atoms with Crippen molar-refractivity contribution in [2.75, 3.05) is 0 Å². The Labute approximate surface area is 266 Å². The van der Waals surface area contributed by atoms with Crippen LogP contribution in [0.5, 0.6) is 5.75 Å². The van der Waals surface area contributed by atoms with Crippen molar-refractivity contribution >= 4 is 11.0 Å². The third-order valence-electron chi connectivity index (χ3n) is 8.21. The largest absolute Gasteiger partial charge is 0.507 e. The molecular formula is C41H28N4O. The first-order chi connectivity index (χ1) is 22.7. The van der Waals surface area contributed by atoms with Crippen molar-refractivity contribution in [3.63, 3.8) is 0 Å². The van der Waals surface area contributed by atoms with Crippen molar-refractivity contribution in [3.8, 4) is 67.6 Å². The fourth-order valence-electron chi connectivity index (χ4n) is 6.01. The molecule has 0 aliphatic rings. The summed E-state index contributed by atoms with van der Waals surface area (Å²) in [6.07, 6.45) is 3.70. The minimum atomic E-state index is 0.169. The Hall–Kier alpha value is -6.33. The van der Waals surface area contributed by atoms with Gasteiger partial charge in [0.05, 0.1) is 22.5 Å². The van der Waals surface area contributed by atoms with Gasteiger partial charge in [0.2, 0.25) is 0 Å². The zero-order valence-electron chi connectivity index (χ0n) is 24.8. The van der Waals surface area contributed by atoms with Crippen LogP contribution in [0.1, 0.15) is 0 Å². The monoisotopic (exact) mass is 592 g/mol. The predicted molar refractivity (Wildman–Crippen MR) is 186 cm³/mol. The Balaban J connectivity index is 1.37. The number of benzene rings is 5. The highest BCUT2D eigenvalue weighted by molar-refractivity contribution is 5.95. The number of imidazole rings is 1. The highest BCUT2D eigenvalue weighted by atomic mass is 16.3. The van der Waals surface area contributed by atoms with E-state index in [-0.39, 0.29) is 5.75 Å². The number of hydrogen-bond donors (Lipinski definition) is 1. The molecule has 1 N–H and O–H groups in total. The van der Waals surface area contributed by atoms with E-state index in [9.17, 15) is 5.11 Å². The summed E-state index contributed by atoms with van der Waals surface area (Å²) in [5, 5.41) is 10.9. The van der Waals surface area contributed by atoms with Gasteiger partial charge >= 0.3 is 0 Å². The van der Waals surface area contributed by atoms with E-state index in [1.165, 1.54) is 0 Å². The van der Waals surface area contributed by atoms with Crippen molar-refractivity contribution in [1.82, 2.24) is 19.5 Å². The zero-order chi connectivity index (χ0) is 30.9.